The van der Waals surface area contributed by atoms with E-state index in [9.17, 15) is 19.8 Å². The van der Waals surface area contributed by atoms with E-state index in [1.807, 2.05) is 48.5 Å². The number of aliphatic imine (C=N–C) groups is 2. The number of amidine groups is 2. The zero-order chi connectivity index (χ0) is 32.4. The summed E-state index contributed by atoms with van der Waals surface area (Å²) < 4.78 is 0. The van der Waals surface area contributed by atoms with E-state index < -0.39 is 12.2 Å². The number of benzene rings is 2. The Morgan fingerprint density at radius 3 is 1.35 bits per heavy atom. The lowest BCUT2D eigenvalue weighted by molar-refractivity contribution is 0.181. The molecule has 2 aliphatic rings. The predicted molar refractivity (Wildman–Crippen MR) is 198 cm³/mol. The number of urea groups is 2. The fourth-order valence-electron chi connectivity index (χ4n) is 5.36. The van der Waals surface area contributed by atoms with Crippen molar-refractivity contribution in [2.45, 2.75) is 76.4 Å². The van der Waals surface area contributed by atoms with E-state index in [1.54, 1.807) is 0 Å². The molecule has 0 saturated carbocycles. The lowest BCUT2D eigenvalue weighted by Gasteiger charge is -2.19. The van der Waals surface area contributed by atoms with Crippen molar-refractivity contribution in [1.29, 1.82) is 0 Å². The largest absolute Gasteiger partial charge is 0.389 e. The quantitative estimate of drug-likeness (QED) is 0.110. The molecule has 2 atom stereocenters. The van der Waals surface area contributed by atoms with Crippen LogP contribution >= 0.6 is 24.8 Å². The topological polar surface area (TPSA) is 172 Å². The van der Waals surface area contributed by atoms with Gasteiger partial charge >= 0.3 is 12.1 Å². The molecule has 8 N–H and O–H groups in total. The van der Waals surface area contributed by atoms with Crippen LogP contribution in [0.15, 0.2) is 58.5 Å². The molecule has 0 radical (unpaired) electrons. The third-order valence-electron chi connectivity index (χ3n) is 7.89. The Morgan fingerprint density at radius 2 is 1.00 bits per heavy atom. The SMILES string of the molecule is Cl.Cl.O=C(NCCCCCCCCCCCCNC(=O)Nc1cccc(C2=NCC(O)CN2)c1)Nc1cccc(C2=NCC(O)CN2)c1. The van der Waals surface area contributed by atoms with Gasteiger partial charge in [-0.1, -0.05) is 75.6 Å². The number of halogens is 2. The maximum Gasteiger partial charge on any atom is 0.319 e. The average Bonchev–Trinajstić information content (AvgIpc) is 3.06. The summed E-state index contributed by atoms with van der Waals surface area (Å²) in [6.45, 7) is 3.00. The Balaban J connectivity index is 0.00000400. The zero-order valence-electron chi connectivity index (χ0n) is 27.5. The highest BCUT2D eigenvalue weighted by molar-refractivity contribution is 6.01. The first-order valence-electron chi connectivity index (χ1n) is 16.7. The summed E-state index contributed by atoms with van der Waals surface area (Å²) in [5.41, 5.74) is 3.18. The van der Waals surface area contributed by atoms with Crippen LogP contribution in [0.1, 0.15) is 75.3 Å². The number of rotatable bonds is 17. The second-order valence-electron chi connectivity index (χ2n) is 11.9. The molecule has 4 rings (SSSR count). The standard InChI is InChI=1S/C34H50N8O4.2ClH/c43-29-21-37-31(38-22-29)25-13-11-15-27(19-25)41-33(45)35-17-9-7-5-3-1-2-4-6-8-10-18-36-34(46)42-28-16-12-14-26(20-28)32-39-23-30(44)24-40-32;;/h11-16,19-20,29-30,43-44H,1-10,17-18,21-24H2,(H,37,38)(H,39,40)(H2,35,41,45)(H2,36,42,46);2*1H. The van der Waals surface area contributed by atoms with Crippen LogP contribution in [-0.4, -0.2) is 85.4 Å². The van der Waals surface area contributed by atoms with Crippen molar-refractivity contribution in [3.8, 4) is 0 Å². The lowest BCUT2D eigenvalue weighted by Crippen LogP contribution is -2.39. The Bertz CT molecular complexity index is 1230. The summed E-state index contributed by atoms with van der Waals surface area (Å²) in [5.74, 6) is 1.46. The van der Waals surface area contributed by atoms with Crippen LogP contribution in [0.3, 0.4) is 0 Å². The van der Waals surface area contributed by atoms with Crippen molar-refractivity contribution in [3.05, 3.63) is 59.7 Å². The van der Waals surface area contributed by atoms with Gasteiger partial charge in [0, 0.05) is 48.7 Å². The average molecular weight is 708 g/mol. The summed E-state index contributed by atoms with van der Waals surface area (Å²) in [6, 6.07) is 14.6. The number of carbonyl (C=O) groups is 2. The van der Waals surface area contributed by atoms with Crippen LogP contribution < -0.4 is 31.9 Å². The predicted octanol–water partition coefficient (Wildman–Crippen LogP) is 4.80. The molecule has 14 heteroatoms. The van der Waals surface area contributed by atoms with Crippen LogP contribution in [0.5, 0.6) is 0 Å². The minimum atomic E-state index is -0.459. The lowest BCUT2D eigenvalue weighted by atomic mass is 10.1. The van der Waals surface area contributed by atoms with Crippen molar-refractivity contribution < 1.29 is 19.8 Å². The third kappa shape index (κ3) is 15.1. The van der Waals surface area contributed by atoms with Gasteiger partial charge < -0.3 is 42.1 Å². The van der Waals surface area contributed by atoms with E-state index in [-0.39, 0.29) is 36.9 Å². The van der Waals surface area contributed by atoms with Crippen molar-refractivity contribution in [3.63, 3.8) is 0 Å². The molecule has 0 fully saturated rings. The van der Waals surface area contributed by atoms with E-state index in [1.165, 1.54) is 38.5 Å². The smallest absolute Gasteiger partial charge is 0.319 e. The molecule has 2 aromatic rings. The Hall–Kier alpha value is -3.58. The molecule has 0 aliphatic carbocycles. The van der Waals surface area contributed by atoms with Crippen LogP contribution in [0.4, 0.5) is 21.0 Å². The summed E-state index contributed by atoms with van der Waals surface area (Å²) in [4.78, 5) is 33.3. The Morgan fingerprint density at radius 1 is 0.625 bits per heavy atom. The maximum absolute atomic E-state index is 12.3. The van der Waals surface area contributed by atoms with Crippen LogP contribution in [0.2, 0.25) is 0 Å². The minimum absolute atomic E-state index is 0. The molecule has 2 aromatic carbocycles. The molecule has 0 spiro atoms. The van der Waals surface area contributed by atoms with Crippen LogP contribution in [-0.2, 0) is 0 Å². The van der Waals surface area contributed by atoms with E-state index in [4.69, 9.17) is 0 Å². The number of unbranched alkanes of at least 4 members (excludes halogenated alkanes) is 9. The van der Waals surface area contributed by atoms with E-state index in [2.05, 4.69) is 41.9 Å². The highest BCUT2D eigenvalue weighted by Crippen LogP contribution is 2.14. The zero-order valence-corrected chi connectivity index (χ0v) is 29.1. The van der Waals surface area contributed by atoms with Crippen molar-refractivity contribution in [2.24, 2.45) is 9.98 Å². The van der Waals surface area contributed by atoms with E-state index >= 15 is 0 Å². The number of β-amino-alcohol motifs (C(OH)–C–C–N with tert-alkyl or cyclic N) is 2. The highest BCUT2D eigenvalue weighted by atomic mass is 35.5. The van der Waals surface area contributed by atoms with Gasteiger partial charge in [0.2, 0.25) is 0 Å². The summed E-state index contributed by atoms with van der Waals surface area (Å²) in [5, 5.41) is 37.0. The number of anilines is 2. The molecule has 2 aliphatic heterocycles. The molecule has 48 heavy (non-hydrogen) atoms. The molecule has 0 saturated heterocycles. The number of aliphatic hydroxyl groups excluding tert-OH is 2. The fourth-order valence-corrected chi connectivity index (χ4v) is 5.36. The fraction of sp³-hybridized carbons (Fsp3) is 0.529. The number of hydrogen-bond acceptors (Lipinski definition) is 8. The highest BCUT2D eigenvalue weighted by Gasteiger charge is 2.15. The Kier molecular flexibility index (Phi) is 19.4. The first-order valence-corrected chi connectivity index (χ1v) is 16.7. The molecule has 266 valence electrons. The van der Waals surface area contributed by atoms with Crippen molar-refractivity contribution in [1.82, 2.24) is 21.3 Å². The van der Waals surface area contributed by atoms with Gasteiger partial charge in [0.05, 0.1) is 25.3 Å². The monoisotopic (exact) mass is 706 g/mol. The number of hydrogen-bond donors (Lipinski definition) is 8. The van der Waals surface area contributed by atoms with Gasteiger partial charge in [0.1, 0.15) is 11.7 Å². The normalized spacial score (nSPS) is 16.8. The first-order chi connectivity index (χ1) is 22.5. The summed E-state index contributed by atoms with van der Waals surface area (Å²) >= 11 is 0. The van der Waals surface area contributed by atoms with Gasteiger partial charge in [-0.05, 0) is 37.1 Å². The maximum atomic E-state index is 12.3. The summed E-state index contributed by atoms with van der Waals surface area (Å²) in [7, 11) is 0. The van der Waals surface area contributed by atoms with Gasteiger partial charge in [-0.15, -0.1) is 24.8 Å². The van der Waals surface area contributed by atoms with E-state index in [0.29, 0.717) is 50.6 Å². The van der Waals surface area contributed by atoms with Gasteiger partial charge in [0.15, 0.2) is 0 Å². The number of aliphatic hydroxyl groups is 2. The van der Waals surface area contributed by atoms with Gasteiger partial charge in [-0.25, -0.2) is 9.59 Å². The molecule has 12 nitrogen and oxygen atoms in total. The molecule has 2 heterocycles. The molecule has 2 unspecified atom stereocenters. The third-order valence-corrected chi connectivity index (χ3v) is 7.89. The Labute approximate surface area is 296 Å². The first kappa shape index (κ1) is 40.6. The van der Waals surface area contributed by atoms with E-state index in [0.717, 1.165) is 48.5 Å². The second-order valence-corrected chi connectivity index (χ2v) is 11.9. The molecule has 0 bridgehead atoms. The summed E-state index contributed by atoms with van der Waals surface area (Å²) in [6.07, 6.45) is 10.4. The van der Waals surface area contributed by atoms with Gasteiger partial charge in [0.25, 0.3) is 0 Å². The van der Waals surface area contributed by atoms with Gasteiger partial charge in [-0.3, -0.25) is 9.98 Å². The van der Waals surface area contributed by atoms with Crippen LogP contribution in [0, 0.1) is 0 Å². The molecule has 0 aromatic heterocycles. The molecule has 4 amide bonds. The van der Waals surface area contributed by atoms with Crippen molar-refractivity contribution in [2.75, 3.05) is 49.9 Å². The van der Waals surface area contributed by atoms with Gasteiger partial charge in [-0.2, -0.15) is 0 Å². The molecular formula is C34H52Cl2N8O4. The number of nitrogens with zero attached hydrogens (tertiary/aromatic N) is 2. The number of nitrogens with one attached hydrogen (secondary N) is 6. The molecular weight excluding hydrogens is 655 g/mol. The second kappa shape index (κ2) is 22.9. The van der Waals surface area contributed by atoms with Crippen LogP contribution in [0.25, 0.3) is 0 Å². The number of amides is 4. The van der Waals surface area contributed by atoms with Crippen molar-refractivity contribution >= 4 is 59.9 Å². The number of carbonyl (C=O) groups excluding carboxylic acids is 2. The minimum Gasteiger partial charge on any atom is -0.389 e.